The van der Waals surface area contributed by atoms with Gasteiger partial charge in [0.2, 0.25) is 17.7 Å². The molecule has 2 aromatic rings. The van der Waals surface area contributed by atoms with Gasteiger partial charge in [0.1, 0.15) is 5.82 Å². The highest BCUT2D eigenvalue weighted by Gasteiger charge is 2.28. The van der Waals surface area contributed by atoms with E-state index in [0.29, 0.717) is 24.7 Å². The summed E-state index contributed by atoms with van der Waals surface area (Å²) in [5.41, 5.74) is 0.837. The summed E-state index contributed by atoms with van der Waals surface area (Å²) in [6.07, 6.45) is 6.75. The van der Waals surface area contributed by atoms with Gasteiger partial charge in [0.25, 0.3) is 0 Å². The SMILES string of the molecule is CCC(=O)N1CCCC(c2nnc(-c3ccc(N4CCCC4)nc3)o2)C1. The Hall–Kier alpha value is -2.44. The van der Waals surface area contributed by atoms with E-state index in [4.69, 9.17) is 4.42 Å². The van der Waals surface area contributed by atoms with E-state index in [0.717, 1.165) is 43.9 Å². The zero-order chi connectivity index (χ0) is 17.9. The number of pyridine rings is 1. The Labute approximate surface area is 153 Å². The van der Waals surface area contributed by atoms with E-state index in [2.05, 4.69) is 20.1 Å². The normalized spacial score (nSPS) is 20.6. The summed E-state index contributed by atoms with van der Waals surface area (Å²) in [7, 11) is 0. The average molecular weight is 355 g/mol. The molecule has 0 radical (unpaired) electrons. The minimum atomic E-state index is 0.123. The van der Waals surface area contributed by atoms with Crippen LogP contribution in [0.15, 0.2) is 22.7 Å². The molecule has 0 N–H and O–H groups in total. The summed E-state index contributed by atoms with van der Waals surface area (Å²) >= 11 is 0. The molecule has 1 unspecified atom stereocenters. The van der Waals surface area contributed by atoms with Gasteiger partial charge in [0.15, 0.2) is 0 Å². The molecule has 1 atom stereocenters. The maximum atomic E-state index is 12.0. The molecule has 7 nitrogen and oxygen atoms in total. The number of carbonyl (C=O) groups excluding carboxylic acids is 1. The first-order chi connectivity index (χ1) is 12.7. The Balaban J connectivity index is 1.46. The molecule has 4 rings (SSSR count). The summed E-state index contributed by atoms with van der Waals surface area (Å²) in [5.74, 6) is 2.44. The van der Waals surface area contributed by atoms with Crippen LogP contribution in [0.25, 0.3) is 11.5 Å². The maximum Gasteiger partial charge on any atom is 0.249 e. The number of carbonyl (C=O) groups is 1. The van der Waals surface area contributed by atoms with Crippen molar-refractivity contribution in [3.63, 3.8) is 0 Å². The molecule has 4 heterocycles. The van der Waals surface area contributed by atoms with Crippen LogP contribution in [0.5, 0.6) is 0 Å². The van der Waals surface area contributed by atoms with Gasteiger partial charge in [-0.25, -0.2) is 4.98 Å². The third-order valence-corrected chi connectivity index (χ3v) is 5.29. The molecule has 26 heavy (non-hydrogen) atoms. The highest BCUT2D eigenvalue weighted by atomic mass is 16.4. The summed E-state index contributed by atoms with van der Waals surface area (Å²) in [6.45, 7) is 5.54. The number of nitrogens with zero attached hydrogens (tertiary/aromatic N) is 5. The highest BCUT2D eigenvalue weighted by molar-refractivity contribution is 5.76. The number of piperidine rings is 1. The number of aromatic nitrogens is 3. The number of hydrogen-bond donors (Lipinski definition) is 0. The average Bonchev–Trinajstić information content (AvgIpc) is 3.40. The number of hydrogen-bond acceptors (Lipinski definition) is 6. The second-order valence-electron chi connectivity index (χ2n) is 7.08. The minimum absolute atomic E-state index is 0.123. The summed E-state index contributed by atoms with van der Waals surface area (Å²) in [6, 6.07) is 4.01. The molecule has 0 aromatic carbocycles. The smallest absolute Gasteiger partial charge is 0.249 e. The van der Waals surface area contributed by atoms with Crippen molar-refractivity contribution in [3.8, 4) is 11.5 Å². The van der Waals surface area contributed by atoms with Gasteiger partial charge in [-0.3, -0.25) is 4.79 Å². The highest BCUT2D eigenvalue weighted by Crippen LogP contribution is 2.29. The number of amides is 1. The van der Waals surface area contributed by atoms with E-state index in [9.17, 15) is 4.79 Å². The molecule has 0 aliphatic carbocycles. The zero-order valence-electron chi connectivity index (χ0n) is 15.2. The van der Waals surface area contributed by atoms with Gasteiger partial charge in [-0.1, -0.05) is 6.92 Å². The lowest BCUT2D eigenvalue weighted by molar-refractivity contribution is -0.132. The van der Waals surface area contributed by atoms with Gasteiger partial charge < -0.3 is 14.2 Å². The van der Waals surface area contributed by atoms with Crippen LogP contribution < -0.4 is 4.90 Å². The monoisotopic (exact) mass is 355 g/mol. The van der Waals surface area contributed by atoms with E-state index in [1.54, 1.807) is 6.20 Å². The first-order valence-electron chi connectivity index (χ1n) is 9.57. The molecule has 0 saturated carbocycles. The third kappa shape index (κ3) is 3.43. The van der Waals surface area contributed by atoms with Crippen LogP contribution >= 0.6 is 0 Å². The van der Waals surface area contributed by atoms with Crippen molar-refractivity contribution < 1.29 is 9.21 Å². The minimum Gasteiger partial charge on any atom is -0.420 e. The van der Waals surface area contributed by atoms with Gasteiger partial charge in [-0.2, -0.15) is 0 Å². The molecule has 0 bridgehead atoms. The molecular weight excluding hydrogens is 330 g/mol. The molecule has 2 aliphatic rings. The van der Waals surface area contributed by atoms with Crippen molar-refractivity contribution in [3.05, 3.63) is 24.2 Å². The van der Waals surface area contributed by atoms with Crippen LogP contribution in [0.4, 0.5) is 5.82 Å². The fourth-order valence-electron chi connectivity index (χ4n) is 3.79. The predicted octanol–water partition coefficient (Wildman–Crippen LogP) is 2.85. The van der Waals surface area contributed by atoms with E-state index in [1.165, 1.54) is 12.8 Å². The Kier molecular flexibility index (Phi) is 4.86. The third-order valence-electron chi connectivity index (χ3n) is 5.29. The van der Waals surface area contributed by atoms with Crippen LogP contribution in [0.1, 0.15) is 50.8 Å². The first-order valence-corrected chi connectivity index (χ1v) is 9.57. The first kappa shape index (κ1) is 17.0. The van der Waals surface area contributed by atoms with Crippen molar-refractivity contribution in [1.82, 2.24) is 20.1 Å². The standard InChI is InChI=1S/C19H25N5O2/c1-2-17(25)24-11-5-6-15(13-24)19-22-21-18(26-19)14-7-8-16(20-12-14)23-9-3-4-10-23/h7-8,12,15H,2-6,9-11,13H2,1H3. The number of likely N-dealkylation sites (tertiary alicyclic amines) is 1. The molecule has 2 aromatic heterocycles. The Morgan fingerprint density at radius 1 is 1.19 bits per heavy atom. The molecule has 2 aliphatic heterocycles. The fraction of sp³-hybridized carbons (Fsp3) is 0.579. The summed E-state index contributed by atoms with van der Waals surface area (Å²) < 4.78 is 5.92. The summed E-state index contributed by atoms with van der Waals surface area (Å²) in [5, 5.41) is 8.45. The lowest BCUT2D eigenvalue weighted by Gasteiger charge is -2.30. The van der Waals surface area contributed by atoms with Gasteiger partial charge in [-0.15, -0.1) is 10.2 Å². The van der Waals surface area contributed by atoms with Gasteiger partial charge >= 0.3 is 0 Å². The van der Waals surface area contributed by atoms with Gasteiger partial charge in [-0.05, 0) is 37.8 Å². The van der Waals surface area contributed by atoms with Crippen molar-refractivity contribution in [1.29, 1.82) is 0 Å². The molecule has 138 valence electrons. The van der Waals surface area contributed by atoms with Crippen molar-refractivity contribution in [2.45, 2.75) is 44.9 Å². The quantitative estimate of drug-likeness (QED) is 0.839. The van der Waals surface area contributed by atoms with Crippen molar-refractivity contribution in [2.75, 3.05) is 31.1 Å². The van der Waals surface area contributed by atoms with Crippen molar-refractivity contribution >= 4 is 11.7 Å². The van der Waals surface area contributed by atoms with Gasteiger partial charge in [0.05, 0.1) is 11.5 Å². The number of anilines is 1. The van der Waals surface area contributed by atoms with Crippen LogP contribution in [0.2, 0.25) is 0 Å². The number of rotatable bonds is 4. The molecule has 2 saturated heterocycles. The van der Waals surface area contributed by atoms with Crippen LogP contribution in [0.3, 0.4) is 0 Å². The largest absolute Gasteiger partial charge is 0.420 e. The van der Waals surface area contributed by atoms with Crippen LogP contribution in [-0.2, 0) is 4.79 Å². The molecular formula is C19H25N5O2. The second kappa shape index (κ2) is 7.43. The Morgan fingerprint density at radius 2 is 2.04 bits per heavy atom. The molecule has 7 heteroatoms. The van der Waals surface area contributed by atoms with Crippen molar-refractivity contribution in [2.24, 2.45) is 0 Å². The zero-order valence-corrected chi connectivity index (χ0v) is 15.2. The lowest BCUT2D eigenvalue weighted by atomic mass is 9.98. The van der Waals surface area contributed by atoms with E-state index < -0.39 is 0 Å². The van der Waals surface area contributed by atoms with E-state index in [1.807, 2.05) is 24.0 Å². The predicted molar refractivity (Wildman–Crippen MR) is 97.8 cm³/mol. The maximum absolute atomic E-state index is 12.0. The Bertz CT molecular complexity index is 752. The lowest BCUT2D eigenvalue weighted by Crippen LogP contribution is -2.38. The molecule has 2 fully saturated rings. The van der Waals surface area contributed by atoms with Crippen LogP contribution in [0, 0.1) is 0 Å². The molecule has 0 spiro atoms. The Morgan fingerprint density at radius 3 is 2.77 bits per heavy atom. The second-order valence-corrected chi connectivity index (χ2v) is 7.08. The topological polar surface area (TPSA) is 75.4 Å². The van der Waals surface area contributed by atoms with E-state index >= 15 is 0 Å². The molecule has 1 amide bonds. The summed E-state index contributed by atoms with van der Waals surface area (Å²) in [4.78, 5) is 20.7. The van der Waals surface area contributed by atoms with Gasteiger partial charge in [0, 0.05) is 38.8 Å². The van der Waals surface area contributed by atoms with Crippen LogP contribution in [-0.4, -0.2) is 52.2 Å². The van der Waals surface area contributed by atoms with E-state index in [-0.39, 0.29) is 11.8 Å². The fourth-order valence-corrected chi connectivity index (χ4v) is 3.79.